The zero-order valence-corrected chi connectivity index (χ0v) is 21.7. The van der Waals surface area contributed by atoms with Gasteiger partial charge in [0.2, 0.25) is 5.91 Å². The van der Waals surface area contributed by atoms with Crippen LogP contribution in [-0.2, 0) is 11.3 Å². The number of nitrogens with zero attached hydrogens (tertiary/aromatic N) is 3. The van der Waals surface area contributed by atoms with Gasteiger partial charge < -0.3 is 19.7 Å². The third-order valence-corrected chi connectivity index (χ3v) is 6.58. The van der Waals surface area contributed by atoms with Crippen molar-refractivity contribution in [3.05, 3.63) is 53.6 Å². The van der Waals surface area contributed by atoms with Crippen molar-refractivity contribution in [2.45, 2.75) is 33.7 Å². The normalized spacial score (nSPS) is 13.6. The van der Waals surface area contributed by atoms with Crippen molar-refractivity contribution >= 4 is 34.3 Å². The highest BCUT2D eigenvalue weighted by Gasteiger charge is 2.23. The molecule has 8 nitrogen and oxygen atoms in total. The second-order valence-corrected chi connectivity index (χ2v) is 8.91. The molecule has 2 aromatic rings. The number of rotatable bonds is 12. The number of amides is 2. The van der Waals surface area contributed by atoms with E-state index in [0.29, 0.717) is 36.8 Å². The number of carbonyl (C=O) groups excluding carboxylic acids is 2. The predicted octanol–water partition coefficient (Wildman–Crippen LogP) is 4.84. The lowest BCUT2D eigenvalue weighted by molar-refractivity contribution is -0.116. The van der Waals surface area contributed by atoms with Crippen molar-refractivity contribution in [2.75, 3.05) is 44.4 Å². The summed E-state index contributed by atoms with van der Waals surface area (Å²) in [5.74, 6) is 1.80. The fraction of sp³-hybridized carbons (Fsp3) is 0.423. The van der Waals surface area contributed by atoms with Gasteiger partial charge in [0.05, 0.1) is 26.0 Å². The van der Waals surface area contributed by atoms with E-state index in [1.54, 1.807) is 7.11 Å². The van der Waals surface area contributed by atoms with Gasteiger partial charge in [0.1, 0.15) is 0 Å². The number of carbonyl (C=O) groups is 2. The molecule has 0 bridgehead atoms. The Labute approximate surface area is 211 Å². The van der Waals surface area contributed by atoms with Crippen LogP contribution in [-0.4, -0.2) is 65.9 Å². The Kier molecular flexibility index (Phi) is 9.98. The monoisotopic (exact) mass is 498 g/mol. The molecule has 0 saturated heterocycles. The molecule has 0 saturated carbocycles. The first-order valence-electron chi connectivity index (χ1n) is 11.9. The van der Waals surface area contributed by atoms with Crippen LogP contribution in [0.15, 0.2) is 47.6 Å². The molecule has 0 fully saturated rings. The molecule has 1 aliphatic rings. The molecule has 9 heteroatoms. The third kappa shape index (κ3) is 7.47. The average Bonchev–Trinajstić information content (AvgIpc) is 2.87. The second-order valence-electron chi connectivity index (χ2n) is 7.98. The van der Waals surface area contributed by atoms with Gasteiger partial charge in [-0.15, -0.1) is 0 Å². The summed E-state index contributed by atoms with van der Waals surface area (Å²) in [6.45, 7) is 9.58. The van der Waals surface area contributed by atoms with Gasteiger partial charge in [0.15, 0.2) is 11.5 Å². The van der Waals surface area contributed by atoms with Gasteiger partial charge in [-0.05, 0) is 55.9 Å². The fourth-order valence-corrected chi connectivity index (χ4v) is 4.41. The van der Waals surface area contributed by atoms with E-state index in [9.17, 15) is 9.59 Å². The Morgan fingerprint density at radius 1 is 1.11 bits per heavy atom. The lowest BCUT2D eigenvalue weighted by Crippen LogP contribution is -2.29. The molecule has 1 N–H and O–H groups in total. The molecule has 0 aliphatic carbocycles. The standard InChI is InChI=1S/C26H34N4O4S/c1-5-29(6-2)15-14-25(31)27-21-11-8-19(9-12-21)17-30-26(32)35-18-22(28-30)20-10-13-23(33-4)24(16-20)34-7-3/h8-13,16H,5-7,14-15,17-18H2,1-4H3,(H,27,31). The predicted molar refractivity (Wildman–Crippen MR) is 142 cm³/mol. The topological polar surface area (TPSA) is 83.5 Å². The van der Waals surface area contributed by atoms with E-state index in [0.717, 1.165) is 42.2 Å². The Morgan fingerprint density at radius 3 is 2.51 bits per heavy atom. The quantitative estimate of drug-likeness (QED) is 0.451. The van der Waals surface area contributed by atoms with Crippen molar-refractivity contribution in [3.63, 3.8) is 0 Å². The summed E-state index contributed by atoms with van der Waals surface area (Å²) < 4.78 is 11.0. The van der Waals surface area contributed by atoms with E-state index < -0.39 is 0 Å². The Balaban J connectivity index is 1.65. The highest BCUT2D eigenvalue weighted by molar-refractivity contribution is 8.14. The van der Waals surface area contributed by atoms with Gasteiger partial charge in [-0.3, -0.25) is 9.59 Å². The summed E-state index contributed by atoms with van der Waals surface area (Å²) in [7, 11) is 1.61. The third-order valence-electron chi connectivity index (χ3n) is 5.70. The summed E-state index contributed by atoms with van der Waals surface area (Å²) in [4.78, 5) is 27.0. The van der Waals surface area contributed by atoms with Gasteiger partial charge in [0, 0.05) is 30.0 Å². The number of benzene rings is 2. The van der Waals surface area contributed by atoms with Crippen LogP contribution in [0.2, 0.25) is 0 Å². The lowest BCUT2D eigenvalue weighted by atomic mass is 10.1. The Hall–Kier alpha value is -3.04. The molecule has 188 valence electrons. The maximum Gasteiger partial charge on any atom is 0.302 e. The lowest BCUT2D eigenvalue weighted by Gasteiger charge is -2.23. The van der Waals surface area contributed by atoms with Gasteiger partial charge in [-0.1, -0.05) is 37.7 Å². The Bertz CT molecular complexity index is 1040. The molecular formula is C26H34N4O4S. The molecule has 0 spiro atoms. The maximum absolute atomic E-state index is 12.5. The number of anilines is 1. The van der Waals surface area contributed by atoms with E-state index in [-0.39, 0.29) is 11.1 Å². The minimum absolute atomic E-state index is 0.00702. The summed E-state index contributed by atoms with van der Waals surface area (Å²) in [5.41, 5.74) is 3.36. The molecular weight excluding hydrogens is 464 g/mol. The highest BCUT2D eigenvalue weighted by atomic mass is 32.2. The van der Waals surface area contributed by atoms with Gasteiger partial charge in [-0.25, -0.2) is 5.01 Å². The van der Waals surface area contributed by atoms with E-state index in [4.69, 9.17) is 9.47 Å². The zero-order valence-electron chi connectivity index (χ0n) is 20.9. The number of ether oxygens (including phenoxy) is 2. The number of thioether (sulfide) groups is 1. The molecule has 1 aliphatic heterocycles. The van der Waals surface area contributed by atoms with Crippen LogP contribution in [0.3, 0.4) is 0 Å². The van der Waals surface area contributed by atoms with E-state index in [1.165, 1.54) is 16.8 Å². The van der Waals surface area contributed by atoms with Crippen molar-refractivity contribution in [1.29, 1.82) is 0 Å². The first kappa shape index (κ1) is 26.6. The van der Waals surface area contributed by atoms with Crippen LogP contribution in [0.25, 0.3) is 0 Å². The second kappa shape index (κ2) is 13.2. The number of nitrogens with one attached hydrogen (secondary N) is 1. The summed E-state index contributed by atoms with van der Waals surface area (Å²) in [5, 5.41) is 8.94. The molecule has 0 unspecified atom stereocenters. The van der Waals surface area contributed by atoms with Crippen LogP contribution in [0, 0.1) is 0 Å². The summed E-state index contributed by atoms with van der Waals surface area (Å²) in [6, 6.07) is 13.2. The van der Waals surface area contributed by atoms with Gasteiger partial charge in [-0.2, -0.15) is 5.10 Å². The molecule has 1 heterocycles. The van der Waals surface area contributed by atoms with Crippen LogP contribution >= 0.6 is 11.8 Å². The largest absolute Gasteiger partial charge is 0.493 e. The molecule has 2 amide bonds. The minimum atomic E-state index is -0.0962. The number of hydrogen-bond acceptors (Lipinski definition) is 7. The minimum Gasteiger partial charge on any atom is -0.493 e. The SMILES string of the molecule is CCOc1cc(C2=NN(Cc3ccc(NC(=O)CCN(CC)CC)cc3)C(=O)SC2)ccc1OC. The number of methoxy groups -OCH3 is 1. The Morgan fingerprint density at radius 2 is 1.86 bits per heavy atom. The van der Waals surface area contributed by atoms with Gasteiger partial charge >= 0.3 is 5.24 Å². The van der Waals surface area contributed by atoms with Crippen LogP contribution in [0.1, 0.15) is 38.3 Å². The van der Waals surface area contributed by atoms with Crippen molar-refractivity contribution < 1.29 is 19.1 Å². The molecule has 0 radical (unpaired) electrons. The summed E-state index contributed by atoms with van der Waals surface area (Å²) >= 11 is 1.22. The molecule has 2 aromatic carbocycles. The van der Waals surface area contributed by atoms with Crippen LogP contribution in [0.5, 0.6) is 11.5 Å². The van der Waals surface area contributed by atoms with Crippen LogP contribution < -0.4 is 14.8 Å². The molecule has 0 atom stereocenters. The van der Waals surface area contributed by atoms with E-state index >= 15 is 0 Å². The van der Waals surface area contributed by atoms with E-state index in [2.05, 4.69) is 29.2 Å². The highest BCUT2D eigenvalue weighted by Crippen LogP contribution is 2.30. The van der Waals surface area contributed by atoms with Crippen molar-refractivity contribution in [1.82, 2.24) is 9.91 Å². The van der Waals surface area contributed by atoms with E-state index in [1.807, 2.05) is 49.4 Å². The zero-order chi connectivity index (χ0) is 25.2. The summed E-state index contributed by atoms with van der Waals surface area (Å²) in [6.07, 6.45) is 0.455. The maximum atomic E-state index is 12.5. The van der Waals surface area contributed by atoms with Crippen molar-refractivity contribution in [3.8, 4) is 11.5 Å². The average molecular weight is 499 g/mol. The van der Waals surface area contributed by atoms with Crippen LogP contribution in [0.4, 0.5) is 10.5 Å². The van der Waals surface area contributed by atoms with Gasteiger partial charge in [0.25, 0.3) is 0 Å². The van der Waals surface area contributed by atoms with Crippen molar-refractivity contribution in [2.24, 2.45) is 5.10 Å². The first-order chi connectivity index (χ1) is 17.0. The fourth-order valence-electron chi connectivity index (χ4n) is 3.67. The smallest absolute Gasteiger partial charge is 0.302 e. The molecule has 0 aromatic heterocycles. The number of hydrazone groups is 1. The molecule has 3 rings (SSSR count). The number of hydrogen-bond donors (Lipinski definition) is 1. The molecule has 35 heavy (non-hydrogen) atoms. The first-order valence-corrected chi connectivity index (χ1v) is 12.9.